The van der Waals surface area contributed by atoms with Gasteiger partial charge in [-0.05, 0) is 43.2 Å². The average molecular weight is 377 g/mol. The minimum Gasteiger partial charge on any atom is -0.497 e. The summed E-state index contributed by atoms with van der Waals surface area (Å²) in [5.74, 6) is 0.457. The first-order valence-corrected chi connectivity index (χ1v) is 9.65. The van der Waals surface area contributed by atoms with Gasteiger partial charge >= 0.3 is 0 Å². The molecule has 6 heteroatoms. The zero-order valence-electron chi connectivity index (χ0n) is 15.9. The molecule has 3 aromatic rings. The topological polar surface area (TPSA) is 73.2 Å². The zero-order chi connectivity index (χ0) is 19.5. The van der Waals surface area contributed by atoms with Gasteiger partial charge in [0.15, 0.2) is 5.69 Å². The van der Waals surface area contributed by atoms with Gasteiger partial charge in [-0.3, -0.25) is 9.59 Å². The van der Waals surface area contributed by atoms with Crippen LogP contribution in [0.4, 0.5) is 0 Å². The van der Waals surface area contributed by atoms with E-state index in [-0.39, 0.29) is 23.2 Å². The van der Waals surface area contributed by atoms with E-state index < -0.39 is 0 Å². The second-order valence-corrected chi connectivity index (χ2v) is 7.12. The molecule has 0 radical (unpaired) electrons. The summed E-state index contributed by atoms with van der Waals surface area (Å²) in [6.07, 6.45) is 5.45. The van der Waals surface area contributed by atoms with Crippen molar-refractivity contribution in [3.8, 4) is 11.4 Å². The number of rotatable bonds is 4. The number of carbonyl (C=O) groups excluding carboxylic acids is 1. The molecule has 1 heterocycles. The first kappa shape index (κ1) is 18.2. The number of nitrogens with zero attached hydrogens (tertiary/aromatic N) is 2. The summed E-state index contributed by atoms with van der Waals surface area (Å²) in [6.45, 7) is 0. The zero-order valence-corrected chi connectivity index (χ0v) is 15.9. The summed E-state index contributed by atoms with van der Waals surface area (Å²) in [4.78, 5) is 26.0. The molecule has 0 unspecified atom stereocenters. The van der Waals surface area contributed by atoms with E-state index in [2.05, 4.69) is 10.4 Å². The molecule has 1 amide bonds. The molecule has 0 atom stereocenters. The van der Waals surface area contributed by atoms with E-state index in [9.17, 15) is 9.59 Å². The number of hydrogen-bond donors (Lipinski definition) is 1. The molecule has 144 valence electrons. The highest BCUT2D eigenvalue weighted by Gasteiger charge is 2.21. The SMILES string of the molecule is COc1ccc(-n2nc(C(=O)NC3CCCCC3)c3ccccc3c2=O)cc1. The normalized spacial score (nSPS) is 14.8. The van der Waals surface area contributed by atoms with Crippen LogP contribution >= 0.6 is 0 Å². The number of hydrogen-bond acceptors (Lipinski definition) is 4. The monoisotopic (exact) mass is 377 g/mol. The molecule has 1 N–H and O–H groups in total. The van der Waals surface area contributed by atoms with E-state index in [0.29, 0.717) is 22.2 Å². The van der Waals surface area contributed by atoms with Crippen LogP contribution in [0.15, 0.2) is 53.3 Å². The van der Waals surface area contributed by atoms with Crippen LogP contribution in [0, 0.1) is 0 Å². The van der Waals surface area contributed by atoms with Gasteiger partial charge in [-0.25, -0.2) is 0 Å². The summed E-state index contributed by atoms with van der Waals surface area (Å²) in [5, 5.41) is 8.60. The maximum Gasteiger partial charge on any atom is 0.279 e. The van der Waals surface area contributed by atoms with Crippen molar-refractivity contribution in [3.63, 3.8) is 0 Å². The van der Waals surface area contributed by atoms with E-state index in [1.165, 1.54) is 11.1 Å². The highest BCUT2D eigenvalue weighted by atomic mass is 16.5. The Labute approximate surface area is 163 Å². The largest absolute Gasteiger partial charge is 0.497 e. The fourth-order valence-corrected chi connectivity index (χ4v) is 3.76. The lowest BCUT2D eigenvalue weighted by atomic mass is 9.95. The molecule has 2 aromatic carbocycles. The maximum atomic E-state index is 13.0. The Bertz CT molecular complexity index is 1050. The van der Waals surface area contributed by atoms with Crippen molar-refractivity contribution in [2.75, 3.05) is 7.11 Å². The lowest BCUT2D eigenvalue weighted by Gasteiger charge is -2.23. The second kappa shape index (κ2) is 7.84. The Morgan fingerprint density at radius 3 is 2.39 bits per heavy atom. The number of nitrogens with one attached hydrogen (secondary N) is 1. The van der Waals surface area contributed by atoms with Crippen molar-refractivity contribution in [2.24, 2.45) is 0 Å². The quantitative estimate of drug-likeness (QED) is 0.756. The smallest absolute Gasteiger partial charge is 0.279 e. The Balaban J connectivity index is 1.79. The lowest BCUT2D eigenvalue weighted by Crippen LogP contribution is -2.38. The van der Waals surface area contributed by atoms with Gasteiger partial charge < -0.3 is 10.1 Å². The molecule has 1 aromatic heterocycles. The van der Waals surface area contributed by atoms with Crippen LogP contribution in [0.5, 0.6) is 5.75 Å². The average Bonchev–Trinajstić information content (AvgIpc) is 2.75. The van der Waals surface area contributed by atoms with Crippen molar-refractivity contribution in [1.82, 2.24) is 15.1 Å². The van der Waals surface area contributed by atoms with Crippen molar-refractivity contribution in [3.05, 3.63) is 64.6 Å². The maximum absolute atomic E-state index is 13.0. The molecule has 1 fully saturated rings. The third-order valence-corrected chi connectivity index (χ3v) is 5.28. The van der Waals surface area contributed by atoms with E-state index in [0.717, 1.165) is 25.7 Å². The fourth-order valence-electron chi connectivity index (χ4n) is 3.76. The molecule has 0 spiro atoms. The van der Waals surface area contributed by atoms with Gasteiger partial charge in [0, 0.05) is 11.4 Å². The Morgan fingerprint density at radius 1 is 1.04 bits per heavy atom. The predicted molar refractivity (Wildman–Crippen MR) is 108 cm³/mol. The summed E-state index contributed by atoms with van der Waals surface area (Å²) in [6, 6.07) is 14.3. The van der Waals surface area contributed by atoms with E-state index in [1.54, 1.807) is 49.6 Å². The summed E-state index contributed by atoms with van der Waals surface area (Å²) in [7, 11) is 1.59. The van der Waals surface area contributed by atoms with Crippen LogP contribution in [-0.2, 0) is 0 Å². The second-order valence-electron chi connectivity index (χ2n) is 7.12. The Hall–Kier alpha value is -3.15. The number of amides is 1. The van der Waals surface area contributed by atoms with Crippen molar-refractivity contribution >= 4 is 16.7 Å². The lowest BCUT2D eigenvalue weighted by molar-refractivity contribution is 0.0923. The van der Waals surface area contributed by atoms with E-state index in [1.807, 2.05) is 6.07 Å². The molecule has 6 nitrogen and oxygen atoms in total. The predicted octanol–water partition coefficient (Wildman–Crippen LogP) is 3.46. The number of carbonyl (C=O) groups is 1. The third-order valence-electron chi connectivity index (χ3n) is 5.28. The van der Waals surface area contributed by atoms with E-state index >= 15 is 0 Å². The number of benzene rings is 2. The number of fused-ring (bicyclic) bond motifs is 1. The van der Waals surface area contributed by atoms with Gasteiger partial charge in [0.25, 0.3) is 11.5 Å². The minimum absolute atomic E-state index is 0.170. The van der Waals surface area contributed by atoms with Crippen LogP contribution in [0.2, 0.25) is 0 Å². The molecule has 1 aliphatic carbocycles. The molecule has 1 aliphatic rings. The van der Waals surface area contributed by atoms with Gasteiger partial charge in [-0.15, -0.1) is 0 Å². The molecule has 4 rings (SSSR count). The standard InChI is InChI=1S/C22H23N3O3/c1-28-17-13-11-16(12-14-17)25-22(27)19-10-6-5-9-18(19)20(24-25)21(26)23-15-7-3-2-4-8-15/h5-6,9-15H,2-4,7-8H2,1H3,(H,23,26). The molecular weight excluding hydrogens is 354 g/mol. The molecule has 28 heavy (non-hydrogen) atoms. The molecule has 0 bridgehead atoms. The number of aromatic nitrogens is 2. The highest BCUT2D eigenvalue weighted by molar-refractivity contribution is 6.05. The van der Waals surface area contributed by atoms with E-state index in [4.69, 9.17) is 4.74 Å². The first-order valence-electron chi connectivity index (χ1n) is 9.65. The number of methoxy groups -OCH3 is 1. The summed E-state index contributed by atoms with van der Waals surface area (Å²) < 4.78 is 6.47. The summed E-state index contributed by atoms with van der Waals surface area (Å²) in [5.41, 5.74) is 0.606. The Morgan fingerprint density at radius 2 is 1.71 bits per heavy atom. The Kier molecular flexibility index (Phi) is 5.10. The van der Waals surface area contributed by atoms with Crippen LogP contribution in [0.3, 0.4) is 0 Å². The van der Waals surface area contributed by atoms with Gasteiger partial charge in [-0.2, -0.15) is 9.78 Å². The van der Waals surface area contributed by atoms with Gasteiger partial charge in [0.1, 0.15) is 5.75 Å². The molecule has 0 saturated heterocycles. The fraction of sp³-hybridized carbons (Fsp3) is 0.318. The summed E-state index contributed by atoms with van der Waals surface area (Å²) >= 11 is 0. The van der Waals surface area contributed by atoms with Gasteiger partial charge in [0.2, 0.25) is 0 Å². The van der Waals surface area contributed by atoms with Crippen LogP contribution in [0.25, 0.3) is 16.5 Å². The van der Waals surface area contributed by atoms with Crippen LogP contribution in [0.1, 0.15) is 42.6 Å². The van der Waals surface area contributed by atoms with Gasteiger partial charge in [-0.1, -0.05) is 37.5 Å². The molecule has 1 saturated carbocycles. The van der Waals surface area contributed by atoms with Crippen LogP contribution in [-0.4, -0.2) is 28.8 Å². The third kappa shape index (κ3) is 3.50. The minimum atomic E-state index is -0.255. The van der Waals surface area contributed by atoms with Crippen LogP contribution < -0.4 is 15.6 Å². The van der Waals surface area contributed by atoms with Crippen molar-refractivity contribution in [2.45, 2.75) is 38.1 Å². The van der Waals surface area contributed by atoms with Crippen molar-refractivity contribution in [1.29, 1.82) is 0 Å². The van der Waals surface area contributed by atoms with Gasteiger partial charge in [0.05, 0.1) is 18.2 Å². The number of ether oxygens (including phenoxy) is 1. The highest BCUT2D eigenvalue weighted by Crippen LogP contribution is 2.20. The first-order chi connectivity index (χ1) is 13.7. The van der Waals surface area contributed by atoms with Crippen molar-refractivity contribution < 1.29 is 9.53 Å². The molecular formula is C22H23N3O3. The molecule has 0 aliphatic heterocycles.